The van der Waals surface area contributed by atoms with Crippen LogP contribution in [0.15, 0.2) is 53.4 Å². The molecule has 0 bridgehead atoms. The summed E-state index contributed by atoms with van der Waals surface area (Å²) >= 11 is 1.33. The minimum atomic E-state index is -2.89. The molecule has 154 valence electrons. The second kappa shape index (κ2) is 9.33. The summed E-state index contributed by atoms with van der Waals surface area (Å²) < 4.78 is 56.4. The second-order valence-corrected chi connectivity index (χ2v) is 7.63. The third kappa shape index (κ3) is 4.92. The van der Waals surface area contributed by atoms with Crippen molar-refractivity contribution in [2.45, 2.75) is 23.2 Å². The zero-order chi connectivity index (χ0) is 26.0. The molecule has 1 aliphatic heterocycles. The fourth-order valence-electron chi connectivity index (χ4n) is 3.14. The van der Waals surface area contributed by atoms with Crippen molar-refractivity contribution in [3.8, 4) is 5.75 Å². The molecule has 0 fully saturated rings. The summed E-state index contributed by atoms with van der Waals surface area (Å²) in [6.45, 7) is -5.26. The van der Waals surface area contributed by atoms with Gasteiger partial charge in [0.1, 0.15) is 5.75 Å². The molecular weight excluding hydrogens is 388 g/mol. The number of ether oxygens (including phenoxy) is 2. The SMILES string of the molecule is [2H]C([2H])([2H])N(CCN1C(=O)[C@@H](OC(C)=O)[C@@H](c2ccc(OC)cc2)Sc2ccccc21)C([2H])([2H])[2H]. The zero-order valence-electron chi connectivity index (χ0n) is 22.1. The monoisotopic (exact) mass is 420 g/mol. The van der Waals surface area contributed by atoms with Crippen molar-refractivity contribution in [2.75, 3.05) is 39.1 Å². The van der Waals surface area contributed by atoms with Gasteiger partial charge in [0, 0.05) is 33.1 Å². The number of anilines is 1. The Morgan fingerprint density at radius 3 is 2.59 bits per heavy atom. The van der Waals surface area contributed by atoms with Crippen molar-refractivity contribution in [1.29, 1.82) is 0 Å². The number of nitrogens with zero attached hydrogens (tertiary/aromatic N) is 2. The van der Waals surface area contributed by atoms with Gasteiger partial charge < -0.3 is 19.3 Å². The number of hydrogen-bond donors (Lipinski definition) is 0. The van der Waals surface area contributed by atoms with Crippen molar-refractivity contribution in [3.63, 3.8) is 0 Å². The van der Waals surface area contributed by atoms with Crippen LogP contribution >= 0.6 is 11.8 Å². The number of para-hydroxylation sites is 1. The Morgan fingerprint density at radius 1 is 1.21 bits per heavy atom. The lowest BCUT2D eigenvalue weighted by Gasteiger charge is -2.28. The first kappa shape index (κ1) is 14.5. The molecule has 2 aromatic rings. The van der Waals surface area contributed by atoms with E-state index in [1.54, 1.807) is 48.5 Å². The van der Waals surface area contributed by atoms with Crippen molar-refractivity contribution in [1.82, 2.24) is 4.90 Å². The molecule has 2 aromatic carbocycles. The Morgan fingerprint density at radius 2 is 1.93 bits per heavy atom. The molecular formula is C22H26N2O4S. The summed E-state index contributed by atoms with van der Waals surface area (Å²) in [5.74, 6) is -0.603. The highest BCUT2D eigenvalue weighted by Gasteiger charge is 2.40. The first-order valence-corrected chi connectivity index (χ1v) is 9.87. The molecule has 0 aromatic heterocycles. The average molecular weight is 421 g/mol. The summed E-state index contributed by atoms with van der Waals surface area (Å²) in [7, 11) is 1.54. The van der Waals surface area contributed by atoms with Crippen LogP contribution in [-0.2, 0) is 14.3 Å². The molecule has 7 heteroatoms. The highest BCUT2D eigenvalue weighted by molar-refractivity contribution is 7.99. The van der Waals surface area contributed by atoms with Crippen LogP contribution in [0.25, 0.3) is 0 Å². The van der Waals surface area contributed by atoms with Gasteiger partial charge in [-0.3, -0.25) is 9.59 Å². The maximum absolute atomic E-state index is 13.8. The van der Waals surface area contributed by atoms with Gasteiger partial charge in [-0.25, -0.2) is 0 Å². The van der Waals surface area contributed by atoms with E-state index in [0.717, 1.165) is 5.56 Å². The first-order valence-electron chi connectivity index (χ1n) is 12.0. The number of carbonyl (C=O) groups is 2. The molecule has 0 unspecified atom stereocenters. The number of likely N-dealkylation sites (N-methyl/N-ethyl adjacent to an activating group) is 1. The molecule has 3 rings (SSSR count). The van der Waals surface area contributed by atoms with Gasteiger partial charge in [-0.15, -0.1) is 11.8 Å². The Hall–Kier alpha value is -2.51. The smallest absolute Gasteiger partial charge is 0.303 e. The van der Waals surface area contributed by atoms with E-state index in [9.17, 15) is 9.59 Å². The van der Waals surface area contributed by atoms with Gasteiger partial charge in [0.05, 0.1) is 18.0 Å². The molecule has 1 aliphatic rings. The molecule has 29 heavy (non-hydrogen) atoms. The molecule has 1 heterocycles. The van der Waals surface area contributed by atoms with Crippen molar-refractivity contribution in [2.24, 2.45) is 0 Å². The van der Waals surface area contributed by atoms with Crippen LogP contribution in [0.1, 0.15) is 26.0 Å². The summed E-state index contributed by atoms with van der Waals surface area (Å²) in [6.07, 6.45) is -1.23. The largest absolute Gasteiger partial charge is 0.497 e. The summed E-state index contributed by atoms with van der Waals surface area (Å²) in [5.41, 5.74) is 1.20. The van der Waals surface area contributed by atoms with Crippen LogP contribution in [0, 0.1) is 0 Å². The van der Waals surface area contributed by atoms with E-state index >= 15 is 0 Å². The molecule has 0 aliphatic carbocycles. The molecule has 0 spiro atoms. The first-order chi connectivity index (χ1) is 16.3. The predicted octanol–water partition coefficient (Wildman–Crippen LogP) is 3.37. The molecule has 6 nitrogen and oxygen atoms in total. The van der Waals surface area contributed by atoms with E-state index in [1.807, 2.05) is 0 Å². The number of hydrogen-bond acceptors (Lipinski definition) is 6. The highest BCUT2D eigenvalue weighted by Crippen LogP contribution is 2.46. The van der Waals surface area contributed by atoms with E-state index in [0.29, 0.717) is 21.2 Å². The Bertz CT molecular complexity index is 1050. The summed E-state index contributed by atoms with van der Waals surface area (Å²) in [4.78, 5) is 28.1. The number of benzene rings is 2. The van der Waals surface area contributed by atoms with Gasteiger partial charge in [0.2, 0.25) is 0 Å². The standard InChI is InChI=1S/C22H26N2O4S/c1-15(25)28-20-21(16-9-11-17(27-4)12-10-16)29-19-8-6-5-7-18(19)24(22(20)26)14-13-23(2)3/h5-12,20-21H,13-14H2,1-4H3/t20-,21+/m0/s1/i2D3,3D3. The predicted molar refractivity (Wildman–Crippen MR) is 114 cm³/mol. The number of amides is 1. The van der Waals surface area contributed by atoms with Crippen LogP contribution in [-0.4, -0.2) is 57.0 Å². The van der Waals surface area contributed by atoms with E-state index in [2.05, 4.69) is 0 Å². The van der Waals surface area contributed by atoms with E-state index in [-0.39, 0.29) is 6.54 Å². The minimum Gasteiger partial charge on any atom is -0.497 e. The number of thioether (sulfide) groups is 1. The molecule has 1 amide bonds. The topological polar surface area (TPSA) is 59.1 Å². The van der Waals surface area contributed by atoms with Gasteiger partial charge in [0.25, 0.3) is 5.91 Å². The summed E-state index contributed by atoms with van der Waals surface area (Å²) in [6, 6.07) is 14.1. The third-order valence-electron chi connectivity index (χ3n) is 4.48. The maximum Gasteiger partial charge on any atom is 0.303 e. The maximum atomic E-state index is 13.8. The number of carbonyl (C=O) groups excluding carboxylic acids is 2. The van der Waals surface area contributed by atoms with E-state index < -0.39 is 43.7 Å². The molecule has 0 N–H and O–H groups in total. The number of rotatable bonds is 6. The van der Waals surface area contributed by atoms with Gasteiger partial charge in [-0.05, 0) is 43.8 Å². The van der Waals surface area contributed by atoms with Crippen molar-refractivity contribution >= 4 is 29.3 Å². The van der Waals surface area contributed by atoms with Crippen LogP contribution in [0.3, 0.4) is 0 Å². The van der Waals surface area contributed by atoms with Gasteiger partial charge in [-0.1, -0.05) is 24.3 Å². The van der Waals surface area contributed by atoms with Gasteiger partial charge >= 0.3 is 5.97 Å². The van der Waals surface area contributed by atoms with Crippen LogP contribution in [0.4, 0.5) is 5.69 Å². The number of fused-ring (bicyclic) bond motifs is 1. The average Bonchev–Trinajstić information content (AvgIpc) is 2.87. The lowest BCUT2D eigenvalue weighted by molar-refractivity contribution is -0.152. The minimum absolute atomic E-state index is 0.236. The van der Waals surface area contributed by atoms with E-state index in [1.165, 1.54) is 30.7 Å². The number of esters is 1. The van der Waals surface area contributed by atoms with Crippen LogP contribution in [0.2, 0.25) is 0 Å². The normalized spacial score (nSPS) is 22.9. The Kier molecular flexibility index (Phi) is 4.65. The van der Waals surface area contributed by atoms with Crippen molar-refractivity contribution < 1.29 is 27.3 Å². The fraction of sp³-hybridized carbons (Fsp3) is 0.364. The summed E-state index contributed by atoms with van der Waals surface area (Å²) in [5, 5.41) is -0.607. The van der Waals surface area contributed by atoms with Gasteiger partial charge in [0.15, 0.2) is 6.10 Å². The lowest BCUT2D eigenvalue weighted by Crippen LogP contribution is -2.45. The zero-order valence-corrected chi connectivity index (χ0v) is 16.9. The quantitative estimate of drug-likeness (QED) is 0.668. The lowest BCUT2D eigenvalue weighted by atomic mass is 10.1. The highest BCUT2D eigenvalue weighted by atomic mass is 32.2. The molecule has 2 atom stereocenters. The van der Waals surface area contributed by atoms with Crippen LogP contribution < -0.4 is 9.64 Å². The molecule has 0 radical (unpaired) electrons. The van der Waals surface area contributed by atoms with Crippen molar-refractivity contribution in [3.05, 3.63) is 54.1 Å². The molecule has 0 saturated heterocycles. The van der Waals surface area contributed by atoms with Crippen LogP contribution in [0.5, 0.6) is 5.75 Å². The Labute approximate surface area is 184 Å². The number of methoxy groups -OCH3 is 1. The van der Waals surface area contributed by atoms with Gasteiger partial charge in [-0.2, -0.15) is 0 Å². The third-order valence-corrected chi connectivity index (χ3v) is 5.85. The fourth-order valence-corrected chi connectivity index (χ4v) is 4.46. The van der Waals surface area contributed by atoms with E-state index in [4.69, 9.17) is 17.7 Å². The second-order valence-electron chi connectivity index (χ2n) is 6.45. The molecule has 0 saturated carbocycles. The Balaban J connectivity index is 2.04.